The van der Waals surface area contributed by atoms with Crippen LogP contribution >= 0.6 is 0 Å². The fraction of sp³-hybridized carbons (Fsp3) is 0.200. The molecule has 3 unspecified atom stereocenters. The molecule has 0 fully saturated rings. The van der Waals surface area contributed by atoms with Gasteiger partial charge in [-0.05, 0) is 55.8 Å². The molecule has 12 heteroatoms. The van der Waals surface area contributed by atoms with Gasteiger partial charge < -0.3 is 20.1 Å². The molecule has 0 saturated heterocycles. The summed E-state index contributed by atoms with van der Waals surface area (Å²) >= 11 is 0. The lowest BCUT2D eigenvalue weighted by molar-refractivity contribution is 0.409. The first-order valence-corrected chi connectivity index (χ1v) is 17.7. The number of rotatable bonds is 8. The van der Waals surface area contributed by atoms with Crippen LogP contribution in [0.3, 0.4) is 0 Å². The Labute approximate surface area is 274 Å². The van der Waals surface area contributed by atoms with E-state index in [9.17, 15) is 25.9 Å². The Morgan fingerprint density at radius 3 is 2.38 bits per heavy atom. The second-order valence-corrected chi connectivity index (χ2v) is 14.8. The monoisotopic (exact) mass is 674 g/mol. The summed E-state index contributed by atoms with van der Waals surface area (Å²) in [6.07, 6.45) is 8.69. The zero-order valence-corrected chi connectivity index (χ0v) is 27.7. The Balaban J connectivity index is 1.47. The maximum atomic E-state index is 12.5. The van der Waals surface area contributed by atoms with Crippen molar-refractivity contribution in [3.05, 3.63) is 131 Å². The van der Waals surface area contributed by atoms with Crippen molar-refractivity contribution in [1.29, 1.82) is 0 Å². The molecule has 3 aromatic rings. The van der Waals surface area contributed by atoms with Gasteiger partial charge in [0.1, 0.15) is 27.4 Å². The van der Waals surface area contributed by atoms with Crippen molar-refractivity contribution in [2.45, 2.75) is 36.5 Å². The molecule has 0 spiro atoms. The first-order chi connectivity index (χ1) is 22.2. The molecule has 10 nitrogen and oxygen atoms in total. The number of methoxy groups -OCH3 is 1. The number of fused-ring (bicyclic) bond motifs is 2. The molecule has 6 rings (SSSR count). The van der Waals surface area contributed by atoms with Gasteiger partial charge in [0, 0.05) is 45.6 Å². The van der Waals surface area contributed by atoms with Crippen LogP contribution in [0.15, 0.2) is 125 Å². The largest absolute Gasteiger partial charge is 0.495 e. The number of ether oxygens (including phenoxy) is 2. The van der Waals surface area contributed by atoms with E-state index in [-0.39, 0.29) is 4.90 Å². The van der Waals surface area contributed by atoms with Gasteiger partial charge in [0.2, 0.25) is 0 Å². The Bertz CT molecular complexity index is 2160. The van der Waals surface area contributed by atoms with E-state index in [1.807, 2.05) is 68.5 Å². The SMILES string of the molecule is COc1ccccc1Nc1ccc2c(c1)OC1=CC(C)(NC3=C(C)C=CC(S(=O)(=O)O)C3C)C=CC1=C2c1ccccc1S(=O)(=O)O. The van der Waals surface area contributed by atoms with Gasteiger partial charge in [-0.3, -0.25) is 9.11 Å². The lowest BCUT2D eigenvalue weighted by atomic mass is 9.83. The Morgan fingerprint density at radius 1 is 0.936 bits per heavy atom. The van der Waals surface area contributed by atoms with Gasteiger partial charge in [0.15, 0.2) is 0 Å². The van der Waals surface area contributed by atoms with E-state index >= 15 is 0 Å². The van der Waals surface area contributed by atoms with Crippen LogP contribution in [-0.4, -0.2) is 43.8 Å². The van der Waals surface area contributed by atoms with Crippen LogP contribution < -0.4 is 20.1 Å². The number of benzene rings is 3. The predicted molar refractivity (Wildman–Crippen MR) is 181 cm³/mol. The molecular formula is C35H34N2O8S2. The summed E-state index contributed by atoms with van der Waals surface area (Å²) in [6, 6.07) is 19.2. The number of anilines is 2. The third kappa shape index (κ3) is 6.24. The summed E-state index contributed by atoms with van der Waals surface area (Å²) in [4.78, 5) is -0.245. The van der Waals surface area contributed by atoms with Crippen LogP contribution in [0.4, 0.5) is 11.4 Å². The fourth-order valence-electron chi connectivity index (χ4n) is 6.23. The van der Waals surface area contributed by atoms with Crippen LogP contribution in [0.25, 0.3) is 5.57 Å². The third-order valence-corrected chi connectivity index (χ3v) is 10.7. The maximum Gasteiger partial charge on any atom is 0.295 e. The summed E-state index contributed by atoms with van der Waals surface area (Å²) in [6.45, 7) is 5.49. The second kappa shape index (κ2) is 11.9. The topological polar surface area (TPSA) is 151 Å². The van der Waals surface area contributed by atoms with Crippen LogP contribution in [0, 0.1) is 5.92 Å². The number of allylic oxidation sites excluding steroid dienone is 4. The molecule has 2 aliphatic carbocycles. The molecule has 3 aliphatic rings. The zero-order chi connectivity index (χ0) is 33.7. The van der Waals surface area contributed by atoms with Crippen molar-refractivity contribution in [2.24, 2.45) is 5.92 Å². The van der Waals surface area contributed by atoms with Crippen LogP contribution in [-0.2, 0) is 20.2 Å². The molecule has 0 radical (unpaired) electrons. The summed E-state index contributed by atoms with van der Waals surface area (Å²) < 4.78 is 81.3. The van der Waals surface area contributed by atoms with E-state index in [4.69, 9.17) is 9.47 Å². The molecule has 1 heterocycles. The van der Waals surface area contributed by atoms with Crippen molar-refractivity contribution >= 4 is 37.2 Å². The standard InChI is InChI=1S/C35H34N2O8S2/c1-21-13-16-31(46(38,39)40)22(2)34(21)37-35(3)18-17-25-30(20-35)45-29-19-23(36-27-10-6-7-11-28(27)44-4)14-15-24(29)33(25)26-9-5-8-12-32(26)47(41,42)43/h5-20,22,31,36-37H,1-4H3,(H,38,39,40)(H,41,42,43). The highest BCUT2D eigenvalue weighted by atomic mass is 32.2. The molecule has 3 aromatic carbocycles. The molecule has 4 N–H and O–H groups in total. The van der Waals surface area contributed by atoms with Gasteiger partial charge in [0.25, 0.3) is 20.2 Å². The average molecular weight is 675 g/mol. The van der Waals surface area contributed by atoms with Gasteiger partial charge in [-0.25, -0.2) is 0 Å². The van der Waals surface area contributed by atoms with Crippen LogP contribution in [0.5, 0.6) is 11.5 Å². The highest BCUT2D eigenvalue weighted by Crippen LogP contribution is 2.47. The highest BCUT2D eigenvalue weighted by Gasteiger charge is 2.37. The van der Waals surface area contributed by atoms with Gasteiger partial charge in [-0.15, -0.1) is 0 Å². The fourth-order valence-corrected chi connectivity index (χ4v) is 7.86. The lowest BCUT2D eigenvalue weighted by Crippen LogP contribution is -2.45. The second-order valence-electron chi connectivity index (χ2n) is 11.9. The van der Waals surface area contributed by atoms with Crippen molar-refractivity contribution in [2.75, 3.05) is 12.4 Å². The van der Waals surface area contributed by atoms with E-state index < -0.39 is 36.9 Å². The minimum atomic E-state index is -4.59. The minimum Gasteiger partial charge on any atom is -0.495 e. The molecule has 244 valence electrons. The maximum absolute atomic E-state index is 12.5. The molecule has 3 atom stereocenters. The number of para-hydroxylation sites is 2. The number of hydrogen-bond donors (Lipinski definition) is 4. The molecular weight excluding hydrogens is 641 g/mol. The summed E-state index contributed by atoms with van der Waals surface area (Å²) in [5.74, 6) is 0.941. The zero-order valence-electron chi connectivity index (χ0n) is 26.1. The average Bonchev–Trinajstić information content (AvgIpc) is 3.01. The third-order valence-electron chi connectivity index (χ3n) is 8.51. The van der Waals surface area contributed by atoms with Gasteiger partial charge in [-0.2, -0.15) is 16.8 Å². The smallest absolute Gasteiger partial charge is 0.295 e. The van der Waals surface area contributed by atoms with Gasteiger partial charge >= 0.3 is 0 Å². The van der Waals surface area contributed by atoms with Crippen molar-refractivity contribution < 1.29 is 35.4 Å². The molecule has 0 aromatic heterocycles. The molecule has 1 aliphatic heterocycles. The van der Waals surface area contributed by atoms with Crippen molar-refractivity contribution in [3.63, 3.8) is 0 Å². The molecule has 0 amide bonds. The Kier molecular flexibility index (Phi) is 8.17. The summed E-state index contributed by atoms with van der Waals surface area (Å²) in [7, 11) is -7.35. The number of hydrogen-bond acceptors (Lipinski definition) is 8. The summed E-state index contributed by atoms with van der Waals surface area (Å²) in [5, 5.41) is 5.70. The first-order valence-electron chi connectivity index (χ1n) is 14.8. The Hall–Kier alpha value is -4.62. The molecule has 0 bridgehead atoms. The first kappa shape index (κ1) is 32.3. The van der Waals surface area contributed by atoms with Crippen LogP contribution in [0.1, 0.15) is 31.9 Å². The lowest BCUT2D eigenvalue weighted by Gasteiger charge is -2.37. The normalized spacial score (nSPS) is 22.2. The molecule has 47 heavy (non-hydrogen) atoms. The van der Waals surface area contributed by atoms with E-state index in [1.165, 1.54) is 12.1 Å². The van der Waals surface area contributed by atoms with E-state index in [2.05, 4.69) is 10.6 Å². The van der Waals surface area contributed by atoms with Gasteiger partial charge in [-0.1, -0.05) is 61.6 Å². The van der Waals surface area contributed by atoms with E-state index in [1.54, 1.807) is 44.4 Å². The minimum absolute atomic E-state index is 0.245. The summed E-state index contributed by atoms with van der Waals surface area (Å²) in [5.41, 5.74) is 4.05. The quantitative estimate of drug-likeness (QED) is 0.197. The van der Waals surface area contributed by atoms with Crippen molar-refractivity contribution in [3.8, 4) is 11.5 Å². The highest BCUT2D eigenvalue weighted by molar-refractivity contribution is 7.86. The predicted octanol–water partition coefficient (Wildman–Crippen LogP) is 6.42. The Morgan fingerprint density at radius 2 is 1.66 bits per heavy atom. The van der Waals surface area contributed by atoms with E-state index in [0.29, 0.717) is 50.9 Å². The van der Waals surface area contributed by atoms with Crippen molar-refractivity contribution in [1.82, 2.24) is 5.32 Å². The number of nitrogens with one attached hydrogen (secondary N) is 2. The molecule has 0 saturated carbocycles. The van der Waals surface area contributed by atoms with E-state index in [0.717, 1.165) is 11.3 Å². The van der Waals surface area contributed by atoms with Gasteiger partial charge in [0.05, 0.1) is 18.3 Å². The van der Waals surface area contributed by atoms with Crippen LogP contribution in [0.2, 0.25) is 0 Å².